The summed E-state index contributed by atoms with van der Waals surface area (Å²) < 4.78 is 0. The van der Waals surface area contributed by atoms with Crippen molar-refractivity contribution in [3.63, 3.8) is 0 Å². The fourth-order valence-corrected chi connectivity index (χ4v) is 2.10. The van der Waals surface area contributed by atoms with Gasteiger partial charge in [0.25, 0.3) is 5.91 Å². The third-order valence-electron chi connectivity index (χ3n) is 3.26. The second kappa shape index (κ2) is 6.40. The maximum absolute atomic E-state index is 12.5. The Labute approximate surface area is 120 Å². The van der Waals surface area contributed by atoms with Crippen molar-refractivity contribution in [1.82, 2.24) is 4.90 Å². The average molecular weight is 283 g/mol. The van der Waals surface area contributed by atoms with Gasteiger partial charge in [0.05, 0.1) is 10.6 Å². The van der Waals surface area contributed by atoms with Crippen LogP contribution in [0.2, 0.25) is 5.02 Å². The molecule has 1 amide bonds. The summed E-state index contributed by atoms with van der Waals surface area (Å²) >= 11 is 6.22. The van der Waals surface area contributed by atoms with Gasteiger partial charge in [-0.15, -0.1) is 0 Å². The van der Waals surface area contributed by atoms with E-state index in [1.165, 1.54) is 0 Å². The van der Waals surface area contributed by atoms with Crippen LogP contribution in [-0.2, 0) is 0 Å². The van der Waals surface area contributed by atoms with Gasteiger partial charge in [-0.3, -0.25) is 4.79 Å². The molecule has 0 aromatic heterocycles. The Bertz CT molecular complexity index is 457. The molecule has 4 heteroatoms. The lowest BCUT2D eigenvalue weighted by atomic mass is 9.92. The summed E-state index contributed by atoms with van der Waals surface area (Å²) in [6.07, 6.45) is 0. The molecule has 0 aliphatic carbocycles. The quantitative estimate of drug-likeness (QED) is 0.902. The number of nitrogens with zero attached hydrogens (tertiary/aromatic N) is 1. The first kappa shape index (κ1) is 16.0. The highest BCUT2D eigenvalue weighted by Crippen LogP contribution is 2.23. The van der Waals surface area contributed by atoms with Gasteiger partial charge in [0.15, 0.2) is 0 Å². The molecule has 1 aromatic rings. The average Bonchev–Trinajstić information content (AvgIpc) is 2.38. The highest BCUT2D eigenvalue weighted by Gasteiger charge is 2.24. The highest BCUT2D eigenvalue weighted by atomic mass is 35.5. The van der Waals surface area contributed by atoms with E-state index in [4.69, 9.17) is 17.3 Å². The Morgan fingerprint density at radius 3 is 2.58 bits per heavy atom. The maximum Gasteiger partial charge on any atom is 0.255 e. The molecular weight excluding hydrogens is 260 g/mol. The Kier molecular flexibility index (Phi) is 5.39. The second-order valence-corrected chi connectivity index (χ2v) is 6.00. The maximum atomic E-state index is 12.5. The van der Waals surface area contributed by atoms with Crippen LogP contribution in [-0.4, -0.2) is 30.4 Å². The summed E-state index contributed by atoms with van der Waals surface area (Å²) in [5, 5.41) is 0.538. The SMILES string of the molecule is CCN(CC(C)(C)CN)C(=O)c1cccc(C)c1Cl. The molecule has 0 aliphatic rings. The first-order chi connectivity index (χ1) is 8.82. The Hall–Kier alpha value is -1.06. The fourth-order valence-electron chi connectivity index (χ4n) is 1.89. The largest absolute Gasteiger partial charge is 0.338 e. The molecule has 2 N–H and O–H groups in total. The Morgan fingerprint density at radius 1 is 1.42 bits per heavy atom. The molecule has 0 spiro atoms. The van der Waals surface area contributed by atoms with Crippen molar-refractivity contribution in [2.45, 2.75) is 27.7 Å². The third kappa shape index (κ3) is 3.95. The highest BCUT2D eigenvalue weighted by molar-refractivity contribution is 6.34. The van der Waals surface area contributed by atoms with Gasteiger partial charge in [0, 0.05) is 13.1 Å². The van der Waals surface area contributed by atoms with Crippen LogP contribution in [0.3, 0.4) is 0 Å². The lowest BCUT2D eigenvalue weighted by molar-refractivity contribution is 0.0701. The summed E-state index contributed by atoms with van der Waals surface area (Å²) in [7, 11) is 0. The summed E-state index contributed by atoms with van der Waals surface area (Å²) in [6, 6.07) is 5.53. The predicted octanol–water partition coefficient (Wildman–Crippen LogP) is 3.10. The molecule has 0 saturated heterocycles. The lowest BCUT2D eigenvalue weighted by Gasteiger charge is -2.31. The van der Waals surface area contributed by atoms with Crippen LogP contribution >= 0.6 is 11.6 Å². The van der Waals surface area contributed by atoms with Crippen LogP contribution in [0.4, 0.5) is 0 Å². The van der Waals surface area contributed by atoms with Crippen molar-refractivity contribution in [2.24, 2.45) is 11.1 Å². The van der Waals surface area contributed by atoms with Crippen molar-refractivity contribution >= 4 is 17.5 Å². The van der Waals surface area contributed by atoms with E-state index in [0.29, 0.717) is 30.2 Å². The van der Waals surface area contributed by atoms with Crippen molar-refractivity contribution in [3.05, 3.63) is 34.3 Å². The van der Waals surface area contributed by atoms with Crippen LogP contribution in [0.15, 0.2) is 18.2 Å². The van der Waals surface area contributed by atoms with E-state index in [1.807, 2.05) is 26.0 Å². The first-order valence-electron chi connectivity index (χ1n) is 6.57. The number of aryl methyl sites for hydroxylation is 1. The van der Waals surface area contributed by atoms with Gasteiger partial charge in [-0.05, 0) is 37.4 Å². The van der Waals surface area contributed by atoms with Gasteiger partial charge in [-0.2, -0.15) is 0 Å². The summed E-state index contributed by atoms with van der Waals surface area (Å²) in [4.78, 5) is 14.3. The number of hydrogen-bond acceptors (Lipinski definition) is 2. The molecule has 106 valence electrons. The number of hydrogen-bond donors (Lipinski definition) is 1. The molecule has 0 atom stereocenters. The number of halogens is 1. The zero-order valence-electron chi connectivity index (χ0n) is 12.2. The normalized spacial score (nSPS) is 11.5. The second-order valence-electron chi connectivity index (χ2n) is 5.62. The molecular formula is C15H23ClN2O. The standard InChI is InChI=1S/C15H23ClN2O/c1-5-18(10-15(3,4)9-17)14(19)12-8-6-7-11(2)13(12)16/h6-8H,5,9-10,17H2,1-4H3. The molecule has 0 fully saturated rings. The van der Waals surface area contributed by atoms with E-state index in [9.17, 15) is 4.79 Å². The number of benzene rings is 1. The number of nitrogens with two attached hydrogens (primary N) is 1. The van der Waals surface area contributed by atoms with Crippen LogP contribution in [0.25, 0.3) is 0 Å². The molecule has 1 aromatic carbocycles. The zero-order valence-corrected chi connectivity index (χ0v) is 12.9. The number of rotatable bonds is 5. The van der Waals surface area contributed by atoms with Crippen LogP contribution in [0.1, 0.15) is 36.7 Å². The van der Waals surface area contributed by atoms with Gasteiger partial charge in [-0.25, -0.2) is 0 Å². The van der Waals surface area contributed by atoms with Gasteiger partial charge in [0.2, 0.25) is 0 Å². The smallest absolute Gasteiger partial charge is 0.255 e. The van der Waals surface area contributed by atoms with E-state index in [1.54, 1.807) is 11.0 Å². The molecule has 0 heterocycles. The number of carbonyl (C=O) groups excluding carboxylic acids is 1. The van der Waals surface area contributed by atoms with Crippen LogP contribution < -0.4 is 5.73 Å². The van der Waals surface area contributed by atoms with Crippen molar-refractivity contribution in [3.8, 4) is 0 Å². The van der Waals surface area contributed by atoms with Gasteiger partial charge in [0.1, 0.15) is 0 Å². The Morgan fingerprint density at radius 2 is 2.05 bits per heavy atom. The van der Waals surface area contributed by atoms with Gasteiger partial charge < -0.3 is 10.6 Å². The zero-order chi connectivity index (χ0) is 14.6. The topological polar surface area (TPSA) is 46.3 Å². The first-order valence-corrected chi connectivity index (χ1v) is 6.94. The number of amides is 1. The third-order valence-corrected chi connectivity index (χ3v) is 3.76. The Balaban J connectivity index is 2.99. The molecule has 0 bridgehead atoms. The fraction of sp³-hybridized carbons (Fsp3) is 0.533. The molecule has 0 unspecified atom stereocenters. The molecule has 19 heavy (non-hydrogen) atoms. The molecule has 0 saturated carbocycles. The van der Waals surface area contributed by atoms with E-state index < -0.39 is 0 Å². The summed E-state index contributed by atoms with van der Waals surface area (Å²) in [5.74, 6) is -0.0299. The minimum atomic E-state index is -0.0953. The van der Waals surface area contributed by atoms with Gasteiger partial charge >= 0.3 is 0 Å². The molecule has 0 aliphatic heterocycles. The molecule has 0 radical (unpaired) electrons. The van der Waals surface area contributed by atoms with Crippen molar-refractivity contribution < 1.29 is 4.79 Å². The van der Waals surface area contributed by atoms with Crippen LogP contribution in [0.5, 0.6) is 0 Å². The molecule has 3 nitrogen and oxygen atoms in total. The summed E-state index contributed by atoms with van der Waals surface area (Å²) in [6.45, 7) is 9.79. The van der Waals surface area contributed by atoms with E-state index in [0.717, 1.165) is 5.56 Å². The lowest BCUT2D eigenvalue weighted by Crippen LogP contribution is -2.42. The van der Waals surface area contributed by atoms with E-state index >= 15 is 0 Å². The van der Waals surface area contributed by atoms with Crippen molar-refractivity contribution in [1.29, 1.82) is 0 Å². The van der Waals surface area contributed by atoms with E-state index in [-0.39, 0.29) is 11.3 Å². The van der Waals surface area contributed by atoms with Crippen LogP contribution in [0, 0.1) is 12.3 Å². The monoisotopic (exact) mass is 282 g/mol. The van der Waals surface area contributed by atoms with E-state index in [2.05, 4.69) is 13.8 Å². The van der Waals surface area contributed by atoms with Crippen molar-refractivity contribution in [2.75, 3.05) is 19.6 Å². The predicted molar refractivity (Wildman–Crippen MR) is 80.6 cm³/mol. The number of carbonyl (C=O) groups is 1. The minimum Gasteiger partial charge on any atom is -0.338 e. The molecule has 1 rings (SSSR count). The summed E-state index contributed by atoms with van der Waals surface area (Å²) in [5.41, 5.74) is 7.13. The minimum absolute atomic E-state index is 0.0299. The van der Waals surface area contributed by atoms with Gasteiger partial charge in [-0.1, -0.05) is 37.6 Å².